The molecular weight excluding hydrogens is 236 g/mol. The Hall–Kier alpha value is -1.95. The first-order chi connectivity index (χ1) is 8.09. The molecule has 0 atom stereocenters. The summed E-state index contributed by atoms with van der Waals surface area (Å²) in [4.78, 5) is 13.9. The van der Waals surface area contributed by atoms with E-state index in [1.807, 2.05) is 19.0 Å². The van der Waals surface area contributed by atoms with Crippen molar-refractivity contribution in [1.82, 2.24) is 10.2 Å². The molecule has 0 saturated carbocycles. The molecule has 1 aromatic heterocycles. The standard InChI is InChI=1S/C11H12N4OS/c1-15(2)11-14-13-10(17-11)9(16)7-5-3-4-6-8(7)12/h3-6H,12H2,1-2H3. The van der Waals surface area contributed by atoms with Crippen molar-refractivity contribution in [2.75, 3.05) is 24.7 Å². The minimum Gasteiger partial charge on any atom is -0.398 e. The molecule has 0 spiro atoms. The monoisotopic (exact) mass is 248 g/mol. The van der Waals surface area contributed by atoms with Gasteiger partial charge in [-0.05, 0) is 12.1 Å². The number of carbonyl (C=O) groups excluding carboxylic acids is 1. The number of hydrogen-bond donors (Lipinski definition) is 1. The highest BCUT2D eigenvalue weighted by Crippen LogP contribution is 2.22. The van der Waals surface area contributed by atoms with E-state index in [4.69, 9.17) is 5.73 Å². The Labute approximate surface area is 103 Å². The van der Waals surface area contributed by atoms with Gasteiger partial charge < -0.3 is 10.6 Å². The van der Waals surface area contributed by atoms with Crippen LogP contribution in [0.25, 0.3) is 0 Å². The average molecular weight is 248 g/mol. The molecule has 0 fully saturated rings. The van der Waals surface area contributed by atoms with E-state index in [0.717, 1.165) is 0 Å². The highest BCUT2D eigenvalue weighted by Gasteiger charge is 2.17. The van der Waals surface area contributed by atoms with Crippen molar-refractivity contribution in [2.24, 2.45) is 0 Å². The number of para-hydroxylation sites is 1. The SMILES string of the molecule is CN(C)c1nnc(C(=O)c2ccccc2N)s1. The van der Waals surface area contributed by atoms with Crippen LogP contribution in [-0.4, -0.2) is 30.1 Å². The number of anilines is 2. The number of carbonyl (C=O) groups is 1. The normalized spacial score (nSPS) is 10.2. The Balaban J connectivity index is 2.34. The van der Waals surface area contributed by atoms with Gasteiger partial charge in [0.05, 0.1) is 0 Å². The molecule has 88 valence electrons. The molecule has 2 aromatic rings. The number of nitrogens with zero attached hydrogens (tertiary/aromatic N) is 3. The van der Waals surface area contributed by atoms with Crippen LogP contribution in [0.5, 0.6) is 0 Å². The van der Waals surface area contributed by atoms with Gasteiger partial charge in [0.25, 0.3) is 0 Å². The Morgan fingerprint density at radius 2 is 2.00 bits per heavy atom. The van der Waals surface area contributed by atoms with Gasteiger partial charge in [-0.3, -0.25) is 4.79 Å². The summed E-state index contributed by atoms with van der Waals surface area (Å²) in [6.07, 6.45) is 0. The zero-order valence-corrected chi connectivity index (χ0v) is 10.4. The molecular formula is C11H12N4OS. The molecule has 0 aliphatic rings. The molecule has 5 nitrogen and oxygen atoms in total. The summed E-state index contributed by atoms with van der Waals surface area (Å²) >= 11 is 1.25. The van der Waals surface area contributed by atoms with E-state index >= 15 is 0 Å². The Morgan fingerprint density at radius 3 is 2.59 bits per heavy atom. The number of benzene rings is 1. The van der Waals surface area contributed by atoms with Crippen LogP contribution in [0.4, 0.5) is 10.8 Å². The minimum atomic E-state index is -0.186. The van der Waals surface area contributed by atoms with Crippen molar-refractivity contribution in [1.29, 1.82) is 0 Å². The molecule has 17 heavy (non-hydrogen) atoms. The Kier molecular flexibility index (Phi) is 3.06. The zero-order valence-electron chi connectivity index (χ0n) is 9.54. The second kappa shape index (κ2) is 4.50. The van der Waals surface area contributed by atoms with Crippen molar-refractivity contribution in [3.63, 3.8) is 0 Å². The lowest BCUT2D eigenvalue weighted by molar-refractivity contribution is 0.103. The van der Waals surface area contributed by atoms with Crippen LogP contribution in [0.1, 0.15) is 15.4 Å². The average Bonchev–Trinajstić information content (AvgIpc) is 2.78. The van der Waals surface area contributed by atoms with E-state index in [9.17, 15) is 4.79 Å². The number of aromatic nitrogens is 2. The third kappa shape index (κ3) is 2.26. The highest BCUT2D eigenvalue weighted by atomic mass is 32.1. The summed E-state index contributed by atoms with van der Waals surface area (Å²) in [6.45, 7) is 0. The summed E-state index contributed by atoms with van der Waals surface area (Å²) in [5, 5.41) is 8.85. The maximum absolute atomic E-state index is 12.1. The summed E-state index contributed by atoms with van der Waals surface area (Å²) in [5.74, 6) is -0.186. The number of nitrogen functional groups attached to an aromatic ring is 1. The molecule has 0 bridgehead atoms. The Morgan fingerprint density at radius 1 is 1.29 bits per heavy atom. The zero-order chi connectivity index (χ0) is 12.4. The van der Waals surface area contributed by atoms with E-state index in [0.29, 0.717) is 21.4 Å². The van der Waals surface area contributed by atoms with Crippen LogP contribution in [0.15, 0.2) is 24.3 Å². The molecule has 2 rings (SSSR count). The topological polar surface area (TPSA) is 72.1 Å². The first kappa shape index (κ1) is 11.5. The lowest BCUT2D eigenvalue weighted by Gasteiger charge is -2.04. The quantitative estimate of drug-likeness (QED) is 0.657. The van der Waals surface area contributed by atoms with Crippen LogP contribution < -0.4 is 10.6 Å². The molecule has 1 aromatic carbocycles. The van der Waals surface area contributed by atoms with E-state index in [-0.39, 0.29) is 5.78 Å². The molecule has 0 unspecified atom stereocenters. The van der Waals surface area contributed by atoms with Crippen LogP contribution in [-0.2, 0) is 0 Å². The van der Waals surface area contributed by atoms with Crippen molar-refractivity contribution in [2.45, 2.75) is 0 Å². The summed E-state index contributed by atoms with van der Waals surface area (Å²) in [7, 11) is 3.71. The van der Waals surface area contributed by atoms with E-state index in [1.54, 1.807) is 24.3 Å². The van der Waals surface area contributed by atoms with E-state index in [2.05, 4.69) is 10.2 Å². The molecule has 0 aliphatic heterocycles. The maximum atomic E-state index is 12.1. The van der Waals surface area contributed by atoms with E-state index in [1.165, 1.54) is 11.3 Å². The number of rotatable bonds is 3. The molecule has 1 heterocycles. The second-order valence-electron chi connectivity index (χ2n) is 3.70. The number of nitrogens with two attached hydrogens (primary N) is 1. The van der Waals surface area contributed by atoms with Gasteiger partial charge in [-0.2, -0.15) is 0 Å². The van der Waals surface area contributed by atoms with Gasteiger partial charge in [-0.15, -0.1) is 10.2 Å². The first-order valence-corrected chi connectivity index (χ1v) is 5.81. The fourth-order valence-corrected chi connectivity index (χ4v) is 2.03. The third-order valence-corrected chi connectivity index (χ3v) is 3.29. The first-order valence-electron chi connectivity index (χ1n) is 4.99. The predicted molar refractivity (Wildman–Crippen MR) is 68.5 cm³/mol. The van der Waals surface area contributed by atoms with Crippen molar-refractivity contribution in [3.8, 4) is 0 Å². The fourth-order valence-electron chi connectivity index (χ4n) is 1.31. The fraction of sp³-hybridized carbons (Fsp3) is 0.182. The van der Waals surface area contributed by atoms with Gasteiger partial charge in [0.15, 0.2) is 5.01 Å². The smallest absolute Gasteiger partial charge is 0.225 e. The van der Waals surface area contributed by atoms with Gasteiger partial charge >= 0.3 is 0 Å². The lowest BCUT2D eigenvalue weighted by atomic mass is 10.1. The van der Waals surface area contributed by atoms with Gasteiger partial charge in [-0.25, -0.2) is 0 Å². The van der Waals surface area contributed by atoms with Gasteiger partial charge in [0, 0.05) is 25.3 Å². The van der Waals surface area contributed by atoms with Crippen LogP contribution in [0, 0.1) is 0 Å². The van der Waals surface area contributed by atoms with Crippen LogP contribution in [0.2, 0.25) is 0 Å². The lowest BCUT2D eigenvalue weighted by Crippen LogP contribution is -2.07. The largest absolute Gasteiger partial charge is 0.398 e. The highest BCUT2D eigenvalue weighted by molar-refractivity contribution is 7.17. The summed E-state index contributed by atoms with van der Waals surface area (Å²) < 4.78 is 0. The van der Waals surface area contributed by atoms with Gasteiger partial charge in [0.2, 0.25) is 10.9 Å². The molecule has 2 N–H and O–H groups in total. The van der Waals surface area contributed by atoms with Crippen molar-refractivity contribution in [3.05, 3.63) is 34.8 Å². The third-order valence-electron chi connectivity index (χ3n) is 2.20. The molecule has 0 aliphatic carbocycles. The molecule has 6 heteroatoms. The second-order valence-corrected chi connectivity index (χ2v) is 4.66. The number of hydrogen-bond acceptors (Lipinski definition) is 6. The van der Waals surface area contributed by atoms with Crippen LogP contribution >= 0.6 is 11.3 Å². The maximum Gasteiger partial charge on any atom is 0.225 e. The minimum absolute atomic E-state index is 0.186. The molecule has 0 amide bonds. The summed E-state index contributed by atoms with van der Waals surface area (Å²) in [6, 6.07) is 6.95. The molecule has 0 radical (unpaired) electrons. The summed E-state index contributed by atoms with van der Waals surface area (Å²) in [5.41, 5.74) is 6.67. The van der Waals surface area contributed by atoms with Crippen LogP contribution in [0.3, 0.4) is 0 Å². The predicted octanol–water partition coefficient (Wildman–Crippen LogP) is 1.42. The van der Waals surface area contributed by atoms with Gasteiger partial charge in [0.1, 0.15) is 0 Å². The van der Waals surface area contributed by atoms with Crippen molar-refractivity contribution < 1.29 is 4.79 Å². The van der Waals surface area contributed by atoms with Crippen molar-refractivity contribution >= 4 is 27.9 Å². The van der Waals surface area contributed by atoms with Gasteiger partial charge in [-0.1, -0.05) is 23.5 Å². The van der Waals surface area contributed by atoms with E-state index < -0.39 is 0 Å². The number of ketones is 1. The molecule has 0 saturated heterocycles. The Bertz CT molecular complexity index is 550.